The van der Waals surface area contributed by atoms with E-state index in [4.69, 9.17) is 11.6 Å². The van der Waals surface area contributed by atoms with Crippen molar-refractivity contribution in [3.8, 4) is 11.8 Å². The Labute approximate surface area is 92.7 Å². The zero-order valence-electron chi connectivity index (χ0n) is 8.98. The summed E-state index contributed by atoms with van der Waals surface area (Å²) in [5, 5.41) is 0.473. The minimum atomic E-state index is 0.473. The van der Waals surface area contributed by atoms with Gasteiger partial charge in [0.05, 0.1) is 5.03 Å². The predicted octanol–water partition coefficient (Wildman–Crippen LogP) is 4.35. The van der Waals surface area contributed by atoms with Gasteiger partial charge >= 0.3 is 0 Å². The Hall–Kier alpha value is -0.410. The number of hydrogen-bond donors (Lipinski definition) is 0. The molecular formula is C13H19Cl. The van der Waals surface area contributed by atoms with Crippen LogP contribution in [0.3, 0.4) is 0 Å². The van der Waals surface area contributed by atoms with Gasteiger partial charge in [-0.15, -0.1) is 0 Å². The van der Waals surface area contributed by atoms with Gasteiger partial charge in [0.1, 0.15) is 0 Å². The minimum Gasteiger partial charge on any atom is -0.0936 e. The second-order valence-electron chi connectivity index (χ2n) is 4.18. The minimum absolute atomic E-state index is 0.473. The Bertz CT molecular complexity index is 236. The Morgan fingerprint density at radius 2 is 2.00 bits per heavy atom. The molecular weight excluding hydrogens is 192 g/mol. The van der Waals surface area contributed by atoms with Crippen molar-refractivity contribution < 1.29 is 0 Å². The molecule has 1 rings (SSSR count). The van der Waals surface area contributed by atoms with Crippen LogP contribution in [-0.2, 0) is 0 Å². The molecule has 78 valence electrons. The van der Waals surface area contributed by atoms with Crippen molar-refractivity contribution in [1.82, 2.24) is 0 Å². The molecule has 1 saturated carbocycles. The maximum Gasteiger partial charge on any atom is 0.0832 e. The van der Waals surface area contributed by atoms with Gasteiger partial charge in [0.2, 0.25) is 0 Å². The summed E-state index contributed by atoms with van der Waals surface area (Å²) in [5.74, 6) is 7.61. The molecule has 14 heavy (non-hydrogen) atoms. The van der Waals surface area contributed by atoms with Gasteiger partial charge in [-0.05, 0) is 31.6 Å². The van der Waals surface area contributed by atoms with Gasteiger partial charge in [0.15, 0.2) is 0 Å². The molecule has 0 saturated heterocycles. The van der Waals surface area contributed by atoms with Crippen LogP contribution in [0.4, 0.5) is 0 Å². The van der Waals surface area contributed by atoms with Crippen LogP contribution in [0.5, 0.6) is 0 Å². The Morgan fingerprint density at radius 3 is 2.50 bits per heavy atom. The normalized spacial score (nSPS) is 26.4. The lowest BCUT2D eigenvalue weighted by molar-refractivity contribution is 0.300. The van der Waals surface area contributed by atoms with Crippen LogP contribution in [0.1, 0.15) is 45.4 Å². The average Bonchev–Trinajstić information content (AvgIpc) is 2.17. The third-order valence-electron chi connectivity index (χ3n) is 2.96. The first-order chi connectivity index (χ1) is 6.72. The predicted molar refractivity (Wildman–Crippen MR) is 63.1 cm³/mol. The van der Waals surface area contributed by atoms with Crippen molar-refractivity contribution in [2.75, 3.05) is 0 Å². The number of hydrogen-bond acceptors (Lipinski definition) is 0. The summed E-state index contributed by atoms with van der Waals surface area (Å²) in [4.78, 5) is 0. The van der Waals surface area contributed by atoms with Crippen LogP contribution in [0, 0.1) is 23.7 Å². The van der Waals surface area contributed by atoms with Gasteiger partial charge in [-0.1, -0.05) is 49.8 Å². The lowest BCUT2D eigenvalue weighted by Crippen LogP contribution is -2.13. The van der Waals surface area contributed by atoms with Gasteiger partial charge in [0.25, 0.3) is 0 Å². The highest BCUT2D eigenvalue weighted by atomic mass is 35.5. The second-order valence-corrected chi connectivity index (χ2v) is 4.64. The number of halogens is 1. The van der Waals surface area contributed by atoms with E-state index in [1.54, 1.807) is 0 Å². The maximum atomic E-state index is 5.61. The fraction of sp³-hybridized carbons (Fsp3) is 0.692. The van der Waals surface area contributed by atoms with E-state index in [1.807, 2.05) is 0 Å². The van der Waals surface area contributed by atoms with E-state index >= 15 is 0 Å². The zero-order chi connectivity index (χ0) is 10.4. The Kier molecular flexibility index (Phi) is 5.12. The molecule has 1 aliphatic rings. The highest BCUT2D eigenvalue weighted by molar-refractivity contribution is 6.31. The summed E-state index contributed by atoms with van der Waals surface area (Å²) in [6.07, 6.45) is 7.91. The highest BCUT2D eigenvalue weighted by Crippen LogP contribution is 2.31. The van der Waals surface area contributed by atoms with Crippen LogP contribution >= 0.6 is 11.6 Å². The largest absolute Gasteiger partial charge is 0.0936 e. The molecule has 0 unspecified atom stereocenters. The first-order valence-electron chi connectivity index (χ1n) is 5.58. The fourth-order valence-electron chi connectivity index (χ4n) is 2.18. The van der Waals surface area contributed by atoms with Crippen LogP contribution < -0.4 is 0 Å². The Morgan fingerprint density at radius 1 is 1.36 bits per heavy atom. The van der Waals surface area contributed by atoms with E-state index in [1.165, 1.54) is 38.5 Å². The summed E-state index contributed by atoms with van der Waals surface area (Å²) in [6, 6.07) is 0. The molecule has 1 fully saturated rings. The van der Waals surface area contributed by atoms with Crippen LogP contribution in [-0.4, -0.2) is 0 Å². The van der Waals surface area contributed by atoms with Crippen molar-refractivity contribution in [2.24, 2.45) is 11.8 Å². The Balaban J connectivity index is 2.29. The molecule has 1 aliphatic carbocycles. The van der Waals surface area contributed by atoms with Crippen molar-refractivity contribution in [1.29, 1.82) is 0 Å². The van der Waals surface area contributed by atoms with E-state index in [0.717, 1.165) is 5.92 Å². The molecule has 0 aromatic carbocycles. The highest BCUT2D eigenvalue weighted by Gasteiger charge is 2.18. The van der Waals surface area contributed by atoms with Crippen LogP contribution in [0.2, 0.25) is 0 Å². The number of allylic oxidation sites excluding steroid dienone is 1. The monoisotopic (exact) mass is 210 g/mol. The van der Waals surface area contributed by atoms with E-state index in [0.29, 0.717) is 11.0 Å². The van der Waals surface area contributed by atoms with Crippen molar-refractivity contribution in [3.05, 3.63) is 11.6 Å². The third-order valence-corrected chi connectivity index (χ3v) is 3.05. The molecule has 0 spiro atoms. The zero-order valence-corrected chi connectivity index (χ0v) is 9.74. The molecule has 0 aromatic rings. The van der Waals surface area contributed by atoms with Crippen molar-refractivity contribution >= 4 is 11.6 Å². The van der Waals surface area contributed by atoms with E-state index < -0.39 is 0 Å². The maximum absolute atomic E-state index is 5.61. The standard InChI is InChI=1S/C13H19Cl/c1-3-4-12-7-9-13(10-8-12)6-5-11(2)14/h12-13H,2-4,7-10H2,1H3. The van der Waals surface area contributed by atoms with E-state index in [9.17, 15) is 0 Å². The topological polar surface area (TPSA) is 0 Å². The SMILES string of the molecule is C=C(Cl)C#CC1CCC(CCC)CC1. The quantitative estimate of drug-likeness (QED) is 0.595. The summed E-state index contributed by atoms with van der Waals surface area (Å²) < 4.78 is 0. The summed E-state index contributed by atoms with van der Waals surface area (Å²) in [6.45, 7) is 5.84. The molecule has 1 heteroatoms. The fourth-order valence-corrected chi connectivity index (χ4v) is 2.24. The van der Waals surface area contributed by atoms with Gasteiger partial charge < -0.3 is 0 Å². The summed E-state index contributed by atoms with van der Waals surface area (Å²) >= 11 is 5.61. The van der Waals surface area contributed by atoms with Crippen LogP contribution in [0.15, 0.2) is 11.6 Å². The summed E-state index contributed by atoms with van der Waals surface area (Å²) in [5.41, 5.74) is 0. The van der Waals surface area contributed by atoms with Crippen LogP contribution in [0.25, 0.3) is 0 Å². The first kappa shape index (κ1) is 11.7. The number of rotatable bonds is 2. The third kappa shape index (κ3) is 4.20. The molecule has 0 radical (unpaired) electrons. The van der Waals surface area contributed by atoms with Crippen molar-refractivity contribution in [2.45, 2.75) is 45.4 Å². The molecule has 0 N–H and O–H groups in total. The molecule has 0 bridgehead atoms. The summed E-state index contributed by atoms with van der Waals surface area (Å²) in [7, 11) is 0. The van der Waals surface area contributed by atoms with Gasteiger partial charge in [-0.3, -0.25) is 0 Å². The van der Waals surface area contributed by atoms with E-state index in [-0.39, 0.29) is 0 Å². The molecule has 0 aliphatic heterocycles. The lowest BCUT2D eigenvalue weighted by Gasteiger charge is -2.25. The smallest absolute Gasteiger partial charge is 0.0832 e. The van der Waals surface area contributed by atoms with E-state index in [2.05, 4.69) is 25.3 Å². The van der Waals surface area contributed by atoms with Gasteiger partial charge in [-0.25, -0.2) is 0 Å². The molecule has 0 nitrogen and oxygen atoms in total. The first-order valence-corrected chi connectivity index (χ1v) is 5.96. The average molecular weight is 211 g/mol. The van der Waals surface area contributed by atoms with Crippen molar-refractivity contribution in [3.63, 3.8) is 0 Å². The second kappa shape index (κ2) is 6.14. The lowest BCUT2D eigenvalue weighted by atomic mass is 9.80. The van der Waals surface area contributed by atoms with Gasteiger partial charge in [0, 0.05) is 5.92 Å². The molecule has 0 atom stereocenters. The molecule has 0 amide bonds. The molecule has 0 heterocycles. The van der Waals surface area contributed by atoms with Gasteiger partial charge in [-0.2, -0.15) is 0 Å². The molecule has 0 aromatic heterocycles.